The van der Waals surface area contributed by atoms with Gasteiger partial charge in [-0.2, -0.15) is 0 Å². The van der Waals surface area contributed by atoms with E-state index in [1.54, 1.807) is 13.4 Å². The molecule has 0 radical (unpaired) electrons. The highest BCUT2D eigenvalue weighted by Crippen LogP contribution is 2.25. The number of rotatable bonds is 4. The van der Waals surface area contributed by atoms with Gasteiger partial charge in [0, 0.05) is 35.9 Å². The predicted octanol–water partition coefficient (Wildman–Crippen LogP) is 1.80. The van der Waals surface area contributed by atoms with E-state index in [4.69, 9.17) is 4.74 Å². The zero-order chi connectivity index (χ0) is 16.2. The highest BCUT2D eigenvalue weighted by Gasteiger charge is 2.15. The average Bonchev–Trinajstić information content (AvgIpc) is 2.80. The highest BCUT2D eigenvalue weighted by atomic mass is 16.5. The second kappa shape index (κ2) is 6.91. The lowest BCUT2D eigenvalue weighted by Crippen LogP contribution is -2.16. The highest BCUT2D eigenvalue weighted by molar-refractivity contribution is 5.48. The van der Waals surface area contributed by atoms with Gasteiger partial charge in [0.05, 0.1) is 25.0 Å². The van der Waals surface area contributed by atoms with Crippen LogP contribution in [-0.2, 0) is 19.4 Å². The van der Waals surface area contributed by atoms with Crippen LogP contribution in [0, 0.1) is 13.8 Å². The minimum Gasteiger partial charge on any atom is -0.496 e. The van der Waals surface area contributed by atoms with Gasteiger partial charge in [-0.25, -0.2) is 9.97 Å². The summed E-state index contributed by atoms with van der Waals surface area (Å²) in [5.74, 6) is 1.82. The van der Waals surface area contributed by atoms with Gasteiger partial charge < -0.3 is 15.4 Å². The van der Waals surface area contributed by atoms with Crippen LogP contribution in [0.1, 0.15) is 28.1 Å². The summed E-state index contributed by atoms with van der Waals surface area (Å²) in [6.07, 6.45) is 5.39. The number of hydrogen-bond donors (Lipinski definition) is 2. The van der Waals surface area contributed by atoms with Gasteiger partial charge in [0.2, 0.25) is 0 Å². The van der Waals surface area contributed by atoms with E-state index < -0.39 is 0 Å². The van der Waals surface area contributed by atoms with Crippen molar-refractivity contribution < 1.29 is 4.74 Å². The Kier molecular flexibility index (Phi) is 4.71. The molecule has 0 atom stereocenters. The van der Waals surface area contributed by atoms with Crippen LogP contribution in [0.3, 0.4) is 0 Å². The van der Waals surface area contributed by atoms with Gasteiger partial charge >= 0.3 is 0 Å². The van der Waals surface area contributed by atoms with Crippen molar-refractivity contribution >= 4 is 5.82 Å². The lowest BCUT2D eigenvalue weighted by Gasteiger charge is -2.15. The van der Waals surface area contributed by atoms with Crippen molar-refractivity contribution in [2.75, 3.05) is 25.5 Å². The van der Waals surface area contributed by atoms with Crippen molar-refractivity contribution in [1.29, 1.82) is 0 Å². The van der Waals surface area contributed by atoms with E-state index in [2.05, 4.69) is 25.6 Å². The van der Waals surface area contributed by atoms with Gasteiger partial charge in [-0.05, 0) is 26.8 Å². The Morgan fingerprint density at radius 3 is 2.83 bits per heavy atom. The van der Waals surface area contributed by atoms with Gasteiger partial charge in [0.15, 0.2) is 0 Å². The third-order valence-corrected chi connectivity index (χ3v) is 4.30. The molecule has 0 bridgehead atoms. The van der Waals surface area contributed by atoms with Crippen molar-refractivity contribution in [1.82, 2.24) is 20.3 Å². The zero-order valence-corrected chi connectivity index (χ0v) is 13.9. The van der Waals surface area contributed by atoms with Crippen LogP contribution in [0.25, 0.3) is 0 Å². The van der Waals surface area contributed by atoms with E-state index >= 15 is 0 Å². The number of pyridine rings is 1. The molecule has 6 nitrogen and oxygen atoms in total. The Balaban J connectivity index is 1.82. The van der Waals surface area contributed by atoms with Gasteiger partial charge in [0.25, 0.3) is 0 Å². The standard InChI is InChI=1S/C17H23N5O/c1-11-8-19-15(12(2)16(11)23-3)9-20-17-13-4-6-18-7-5-14(13)21-10-22-17/h8,10,18H,4-7,9H2,1-3H3,(H,20,21,22). The minimum absolute atomic E-state index is 0.624. The number of hydrogen-bond acceptors (Lipinski definition) is 6. The maximum atomic E-state index is 5.47. The third kappa shape index (κ3) is 3.27. The molecule has 0 fully saturated rings. The number of aryl methyl sites for hydroxylation is 1. The summed E-state index contributed by atoms with van der Waals surface area (Å²) in [5, 5.41) is 6.83. The molecule has 23 heavy (non-hydrogen) atoms. The van der Waals surface area contributed by atoms with Crippen LogP contribution in [0.2, 0.25) is 0 Å². The fraction of sp³-hybridized carbons (Fsp3) is 0.471. The smallest absolute Gasteiger partial charge is 0.133 e. The van der Waals surface area contributed by atoms with Crippen LogP contribution < -0.4 is 15.4 Å². The van der Waals surface area contributed by atoms with Gasteiger partial charge in [-0.3, -0.25) is 4.98 Å². The first-order chi connectivity index (χ1) is 11.2. The number of ether oxygens (including phenoxy) is 1. The van der Waals surface area contributed by atoms with Crippen molar-refractivity contribution in [2.45, 2.75) is 33.2 Å². The van der Waals surface area contributed by atoms with Crippen molar-refractivity contribution in [3.63, 3.8) is 0 Å². The van der Waals surface area contributed by atoms with Gasteiger partial charge in [-0.15, -0.1) is 0 Å². The van der Waals surface area contributed by atoms with Crippen molar-refractivity contribution in [3.8, 4) is 5.75 Å². The Bertz CT molecular complexity index is 702. The number of nitrogens with zero attached hydrogens (tertiary/aromatic N) is 3. The molecular weight excluding hydrogens is 290 g/mol. The molecule has 6 heteroatoms. The average molecular weight is 313 g/mol. The summed E-state index contributed by atoms with van der Waals surface area (Å²) < 4.78 is 5.47. The maximum absolute atomic E-state index is 5.47. The van der Waals surface area contributed by atoms with E-state index in [0.717, 1.165) is 60.0 Å². The first kappa shape index (κ1) is 15.7. The fourth-order valence-corrected chi connectivity index (χ4v) is 3.04. The van der Waals surface area contributed by atoms with Crippen LogP contribution in [0.4, 0.5) is 5.82 Å². The first-order valence-corrected chi connectivity index (χ1v) is 7.97. The quantitative estimate of drug-likeness (QED) is 0.897. The molecule has 3 heterocycles. The van der Waals surface area contributed by atoms with E-state index in [-0.39, 0.29) is 0 Å². The lowest BCUT2D eigenvalue weighted by atomic mass is 10.1. The first-order valence-electron chi connectivity index (χ1n) is 7.97. The number of aromatic nitrogens is 3. The fourth-order valence-electron chi connectivity index (χ4n) is 3.04. The third-order valence-electron chi connectivity index (χ3n) is 4.30. The second-order valence-corrected chi connectivity index (χ2v) is 5.80. The van der Waals surface area contributed by atoms with Crippen LogP contribution >= 0.6 is 0 Å². The van der Waals surface area contributed by atoms with E-state index in [9.17, 15) is 0 Å². The molecule has 3 rings (SSSR count). The second-order valence-electron chi connectivity index (χ2n) is 5.80. The summed E-state index contributed by atoms with van der Waals surface area (Å²) in [4.78, 5) is 13.4. The van der Waals surface area contributed by atoms with E-state index in [1.807, 2.05) is 20.0 Å². The lowest BCUT2D eigenvalue weighted by molar-refractivity contribution is 0.407. The molecule has 1 aliphatic rings. The van der Waals surface area contributed by atoms with Crippen LogP contribution in [0.15, 0.2) is 12.5 Å². The Hall–Kier alpha value is -2.21. The molecule has 122 valence electrons. The van der Waals surface area contributed by atoms with E-state index in [0.29, 0.717) is 6.54 Å². The molecule has 0 spiro atoms. The maximum Gasteiger partial charge on any atom is 0.133 e. The summed E-state index contributed by atoms with van der Waals surface area (Å²) in [7, 11) is 1.70. The van der Waals surface area contributed by atoms with Crippen LogP contribution in [-0.4, -0.2) is 35.2 Å². The molecule has 2 aromatic heterocycles. The number of nitrogens with one attached hydrogen (secondary N) is 2. The van der Waals surface area contributed by atoms with Gasteiger partial charge in [0.1, 0.15) is 17.9 Å². The topological polar surface area (TPSA) is 72.0 Å². The normalized spacial score (nSPS) is 14.0. The predicted molar refractivity (Wildman–Crippen MR) is 89.9 cm³/mol. The molecule has 2 N–H and O–H groups in total. The van der Waals surface area contributed by atoms with Crippen molar-refractivity contribution in [3.05, 3.63) is 40.6 Å². The molecule has 2 aromatic rings. The van der Waals surface area contributed by atoms with Gasteiger partial charge in [-0.1, -0.05) is 0 Å². The Labute approximate surface area is 136 Å². The zero-order valence-electron chi connectivity index (χ0n) is 13.9. The SMILES string of the molecule is COc1c(C)cnc(CNc2ncnc3c2CCNCC3)c1C. The monoisotopic (exact) mass is 313 g/mol. The number of methoxy groups -OCH3 is 1. The molecule has 1 aliphatic heterocycles. The summed E-state index contributed by atoms with van der Waals surface area (Å²) >= 11 is 0. The number of fused-ring (bicyclic) bond motifs is 1. The Morgan fingerprint density at radius 2 is 2.00 bits per heavy atom. The largest absolute Gasteiger partial charge is 0.496 e. The molecule has 0 unspecified atom stereocenters. The molecule has 0 saturated carbocycles. The molecule has 0 amide bonds. The molecular formula is C17H23N5O. The number of anilines is 1. The van der Waals surface area contributed by atoms with Crippen molar-refractivity contribution in [2.24, 2.45) is 0 Å². The summed E-state index contributed by atoms with van der Waals surface area (Å²) in [5.41, 5.74) is 5.46. The van der Waals surface area contributed by atoms with Crippen LogP contribution in [0.5, 0.6) is 5.75 Å². The minimum atomic E-state index is 0.624. The molecule has 0 saturated heterocycles. The molecule has 0 aromatic carbocycles. The van der Waals surface area contributed by atoms with E-state index in [1.165, 1.54) is 5.56 Å². The molecule has 0 aliphatic carbocycles. The Morgan fingerprint density at radius 1 is 1.17 bits per heavy atom. The summed E-state index contributed by atoms with van der Waals surface area (Å²) in [6, 6.07) is 0. The summed E-state index contributed by atoms with van der Waals surface area (Å²) in [6.45, 7) is 6.61.